The van der Waals surface area contributed by atoms with Crippen LogP contribution in [0.15, 0.2) is 66.7 Å². The summed E-state index contributed by atoms with van der Waals surface area (Å²) in [6, 6.07) is 22.4. The topological polar surface area (TPSA) is 18.5 Å². The normalized spacial score (nSPS) is 9.65. The zero-order chi connectivity index (χ0) is 11.8. The van der Waals surface area contributed by atoms with Gasteiger partial charge in [-0.25, -0.2) is 0 Å². The zero-order valence-corrected chi connectivity index (χ0v) is 9.32. The molecule has 0 N–H and O–H groups in total. The summed E-state index contributed by atoms with van der Waals surface area (Å²) in [5, 5.41) is 0. The van der Waals surface area contributed by atoms with Crippen LogP contribution in [0.25, 0.3) is 16.5 Å². The molecule has 0 bridgehead atoms. The molecular formula is C15H12N2. The van der Waals surface area contributed by atoms with Crippen molar-refractivity contribution in [1.29, 1.82) is 0 Å². The molecule has 2 nitrogen and oxygen atoms in total. The van der Waals surface area contributed by atoms with Crippen molar-refractivity contribution < 1.29 is 0 Å². The molecule has 0 heterocycles. The van der Waals surface area contributed by atoms with Crippen LogP contribution < -0.4 is 0 Å². The summed E-state index contributed by atoms with van der Waals surface area (Å²) >= 11 is 0. The lowest BCUT2D eigenvalue weighted by molar-refractivity contribution is 1.66. The van der Waals surface area contributed by atoms with Gasteiger partial charge in [0.2, 0.25) is 0 Å². The molecule has 0 radical (unpaired) electrons. The van der Waals surface area contributed by atoms with Crippen LogP contribution in [0.2, 0.25) is 0 Å². The Morgan fingerprint density at radius 1 is 0.882 bits per heavy atom. The molecule has 2 rings (SSSR count). The molecule has 0 saturated heterocycles. The maximum Gasteiger partial charge on any atom is 0.301 e. The average molecular weight is 220 g/mol. The lowest BCUT2D eigenvalue weighted by Gasteiger charge is -1.97. The fourth-order valence-electron chi connectivity index (χ4n) is 1.31. The van der Waals surface area contributed by atoms with Gasteiger partial charge in [0.1, 0.15) is 0 Å². The Bertz CT molecular complexity index is 533. The smallest absolute Gasteiger partial charge is 0.278 e. The van der Waals surface area contributed by atoms with Crippen LogP contribution in [0, 0.1) is 6.07 Å². The maximum absolute atomic E-state index is 4.00. The second-order valence-corrected chi connectivity index (χ2v) is 3.41. The Hall–Kier alpha value is -2.53. The van der Waals surface area contributed by atoms with Gasteiger partial charge in [0.25, 0.3) is 0 Å². The van der Waals surface area contributed by atoms with E-state index in [0.717, 1.165) is 11.3 Å². The van der Waals surface area contributed by atoms with Gasteiger partial charge in [0.05, 0.1) is 6.08 Å². The van der Waals surface area contributed by atoms with Crippen molar-refractivity contribution >= 4 is 11.8 Å². The van der Waals surface area contributed by atoms with Gasteiger partial charge < -0.3 is 0 Å². The van der Waals surface area contributed by atoms with E-state index in [1.165, 1.54) is 0 Å². The van der Waals surface area contributed by atoms with Gasteiger partial charge in [-0.1, -0.05) is 71.3 Å². The SMILES string of the molecule is C(/C=C/c1ccccc1)#[N+][N-]c1ccccc1. The highest BCUT2D eigenvalue weighted by molar-refractivity contribution is 5.53. The van der Waals surface area contributed by atoms with Crippen molar-refractivity contribution in [3.8, 4) is 6.07 Å². The largest absolute Gasteiger partial charge is 0.301 e. The number of allylic oxidation sites excluding steroid dienone is 1. The number of hydrogen-bond donors (Lipinski definition) is 0. The van der Waals surface area contributed by atoms with Crippen molar-refractivity contribution in [3.05, 3.63) is 82.7 Å². The Kier molecular flexibility index (Phi) is 3.96. The third-order valence-electron chi connectivity index (χ3n) is 2.13. The first-order valence-corrected chi connectivity index (χ1v) is 5.38. The van der Waals surface area contributed by atoms with Crippen LogP contribution in [-0.4, -0.2) is 0 Å². The molecule has 0 saturated carbocycles. The standard InChI is InChI=1S/C15H12N2/c1-3-8-14(9-4-1)10-7-13-16-17-15-11-5-2-6-12-15/h1-12H/b10-7+. The quantitative estimate of drug-likeness (QED) is 0.518. The van der Waals surface area contributed by atoms with Crippen LogP contribution in [0.1, 0.15) is 5.56 Å². The summed E-state index contributed by atoms with van der Waals surface area (Å²) in [4.78, 5) is 3.84. The van der Waals surface area contributed by atoms with E-state index in [1.807, 2.05) is 66.7 Å². The highest BCUT2D eigenvalue weighted by Crippen LogP contribution is 2.16. The second kappa shape index (κ2) is 6.14. The molecule has 0 atom stereocenters. The van der Waals surface area contributed by atoms with Gasteiger partial charge >= 0.3 is 6.07 Å². The van der Waals surface area contributed by atoms with Gasteiger partial charge in [-0.3, -0.25) is 5.43 Å². The van der Waals surface area contributed by atoms with Crippen LogP contribution in [0.4, 0.5) is 5.69 Å². The molecule has 0 unspecified atom stereocenters. The first-order chi connectivity index (χ1) is 8.45. The minimum Gasteiger partial charge on any atom is -0.278 e. The molecule has 0 amide bonds. The summed E-state index contributed by atoms with van der Waals surface area (Å²) in [5.74, 6) is 0. The molecule has 0 aromatic heterocycles. The lowest BCUT2D eigenvalue weighted by atomic mass is 10.2. The summed E-state index contributed by atoms with van der Waals surface area (Å²) < 4.78 is 0. The fraction of sp³-hybridized carbons (Fsp3) is 0. The molecule has 0 aliphatic carbocycles. The molecule has 82 valence electrons. The molecule has 0 aliphatic rings. The van der Waals surface area contributed by atoms with E-state index in [1.54, 1.807) is 6.08 Å². The van der Waals surface area contributed by atoms with Gasteiger partial charge in [-0.15, -0.1) is 0 Å². The van der Waals surface area contributed by atoms with Crippen molar-refractivity contribution in [2.75, 3.05) is 0 Å². The minimum absolute atomic E-state index is 0.827. The van der Waals surface area contributed by atoms with E-state index in [2.05, 4.69) is 16.4 Å². The number of nitrogens with zero attached hydrogens (tertiary/aromatic N) is 2. The Balaban J connectivity index is 1.89. The zero-order valence-electron chi connectivity index (χ0n) is 9.32. The number of hydrogen-bond acceptors (Lipinski definition) is 0. The Morgan fingerprint density at radius 2 is 1.53 bits per heavy atom. The predicted octanol–water partition coefficient (Wildman–Crippen LogP) is 4.65. The third kappa shape index (κ3) is 3.84. The van der Waals surface area contributed by atoms with Gasteiger partial charge in [0.15, 0.2) is 0 Å². The summed E-state index contributed by atoms with van der Waals surface area (Å²) in [6.07, 6.45) is 3.69. The van der Waals surface area contributed by atoms with E-state index in [-0.39, 0.29) is 0 Å². The van der Waals surface area contributed by atoms with Crippen LogP contribution in [0.5, 0.6) is 0 Å². The van der Waals surface area contributed by atoms with Crippen LogP contribution in [0.3, 0.4) is 0 Å². The van der Waals surface area contributed by atoms with Gasteiger partial charge in [-0.2, -0.15) is 0 Å². The average Bonchev–Trinajstić information content (AvgIpc) is 2.41. The van der Waals surface area contributed by atoms with Crippen molar-refractivity contribution in [3.63, 3.8) is 0 Å². The molecular weight excluding hydrogens is 208 g/mol. The first-order valence-electron chi connectivity index (χ1n) is 5.38. The molecule has 2 heteroatoms. The monoisotopic (exact) mass is 220 g/mol. The third-order valence-corrected chi connectivity index (χ3v) is 2.13. The molecule has 2 aromatic carbocycles. The molecule has 0 aliphatic heterocycles. The van der Waals surface area contributed by atoms with Crippen molar-refractivity contribution in [1.82, 2.24) is 0 Å². The lowest BCUT2D eigenvalue weighted by Crippen LogP contribution is -1.66. The molecule has 17 heavy (non-hydrogen) atoms. The maximum atomic E-state index is 4.00. The van der Waals surface area contributed by atoms with Crippen LogP contribution in [-0.2, 0) is 0 Å². The van der Waals surface area contributed by atoms with E-state index >= 15 is 0 Å². The summed E-state index contributed by atoms with van der Waals surface area (Å²) in [5.41, 5.74) is 5.95. The number of benzene rings is 2. The number of rotatable bonds is 2. The highest BCUT2D eigenvalue weighted by atomic mass is 15.3. The Labute approximate surface area is 101 Å². The van der Waals surface area contributed by atoms with Crippen molar-refractivity contribution in [2.24, 2.45) is 0 Å². The highest BCUT2D eigenvalue weighted by Gasteiger charge is 1.82. The van der Waals surface area contributed by atoms with Gasteiger partial charge in [-0.05, 0) is 11.6 Å². The van der Waals surface area contributed by atoms with E-state index in [0.29, 0.717) is 0 Å². The van der Waals surface area contributed by atoms with Crippen molar-refractivity contribution in [2.45, 2.75) is 0 Å². The fourth-order valence-corrected chi connectivity index (χ4v) is 1.31. The summed E-state index contributed by atoms with van der Waals surface area (Å²) in [7, 11) is 0. The van der Waals surface area contributed by atoms with Gasteiger partial charge in [0, 0.05) is 0 Å². The first kappa shape index (κ1) is 11.0. The molecule has 0 fully saturated rings. The van der Waals surface area contributed by atoms with E-state index < -0.39 is 0 Å². The minimum atomic E-state index is 0.827. The van der Waals surface area contributed by atoms with Crippen LogP contribution >= 0.6 is 0 Å². The Morgan fingerprint density at radius 3 is 2.24 bits per heavy atom. The molecule has 2 aromatic rings. The second-order valence-electron chi connectivity index (χ2n) is 3.41. The predicted molar refractivity (Wildman–Crippen MR) is 72.2 cm³/mol. The molecule has 0 spiro atoms. The summed E-state index contributed by atoms with van der Waals surface area (Å²) in [6.45, 7) is 0. The van der Waals surface area contributed by atoms with E-state index in [9.17, 15) is 0 Å². The van der Waals surface area contributed by atoms with E-state index in [4.69, 9.17) is 0 Å².